The van der Waals surface area contributed by atoms with Crippen molar-refractivity contribution in [2.24, 2.45) is 5.92 Å². The molecule has 96 valence electrons. The first-order valence-electron chi connectivity index (χ1n) is 6.18. The molecule has 0 fully saturated rings. The molecular weight excluding hydrogens is 232 g/mol. The number of nitrogens with zero attached hydrogens (tertiary/aromatic N) is 2. The van der Waals surface area contributed by atoms with Crippen molar-refractivity contribution in [1.82, 2.24) is 9.97 Å². The van der Waals surface area contributed by atoms with Crippen molar-refractivity contribution in [3.63, 3.8) is 0 Å². The van der Waals surface area contributed by atoms with E-state index in [1.807, 2.05) is 0 Å². The van der Waals surface area contributed by atoms with Crippen LogP contribution in [-0.2, 0) is 0 Å². The number of nitrogens with two attached hydrogens (primary N) is 2. The predicted octanol–water partition coefficient (Wildman–Crippen LogP) is 2.95. The summed E-state index contributed by atoms with van der Waals surface area (Å²) in [5.41, 5.74) is 11.3. The molecule has 1 unspecified atom stereocenters. The van der Waals surface area contributed by atoms with Crippen LogP contribution in [0.4, 0.5) is 11.6 Å². The largest absolute Gasteiger partial charge is 0.383 e. The lowest BCUT2D eigenvalue weighted by Crippen LogP contribution is -2.04. The molecule has 1 aromatic rings. The highest BCUT2D eigenvalue weighted by molar-refractivity contribution is 7.99. The van der Waals surface area contributed by atoms with Gasteiger partial charge in [-0.2, -0.15) is 0 Å². The van der Waals surface area contributed by atoms with E-state index >= 15 is 0 Å². The fourth-order valence-corrected chi connectivity index (χ4v) is 2.74. The Balaban J connectivity index is 2.47. The molecule has 0 bridgehead atoms. The normalized spacial score (nSPS) is 12.6. The highest BCUT2D eigenvalue weighted by atomic mass is 32.2. The van der Waals surface area contributed by atoms with Crippen LogP contribution in [0.3, 0.4) is 0 Å². The molecule has 1 heterocycles. The number of anilines is 2. The molecule has 0 radical (unpaired) electrons. The Bertz CT molecular complexity index is 323. The summed E-state index contributed by atoms with van der Waals surface area (Å²) in [5.74, 6) is 2.66. The average Bonchev–Trinajstić information content (AvgIpc) is 2.28. The number of aromatic nitrogens is 2. The standard InChI is InChI=1S/C12H22N4S/c1-3-5-6-9(4-2)8-17-12-15-10(13)7-11(14)16-12/h7,9H,3-6,8H2,1-2H3,(H4,13,14,15,16). The van der Waals surface area contributed by atoms with Gasteiger partial charge in [-0.05, 0) is 12.3 Å². The Kier molecular flexibility index (Phi) is 6.11. The Morgan fingerprint density at radius 1 is 1.24 bits per heavy atom. The predicted molar refractivity (Wildman–Crippen MR) is 74.9 cm³/mol. The van der Waals surface area contributed by atoms with E-state index in [0.717, 1.165) is 11.7 Å². The molecule has 0 saturated carbocycles. The van der Waals surface area contributed by atoms with Crippen molar-refractivity contribution in [2.45, 2.75) is 44.7 Å². The van der Waals surface area contributed by atoms with Crippen molar-refractivity contribution in [1.29, 1.82) is 0 Å². The number of nitrogen functional groups attached to an aromatic ring is 2. The minimum atomic E-state index is 0.446. The zero-order valence-corrected chi connectivity index (χ0v) is 11.5. The first-order chi connectivity index (χ1) is 8.15. The maximum absolute atomic E-state index is 5.63. The molecule has 0 aliphatic rings. The second kappa shape index (κ2) is 7.37. The topological polar surface area (TPSA) is 77.8 Å². The minimum absolute atomic E-state index is 0.446. The quantitative estimate of drug-likeness (QED) is 0.578. The van der Waals surface area contributed by atoms with Crippen LogP contribution in [0.15, 0.2) is 11.2 Å². The summed E-state index contributed by atoms with van der Waals surface area (Å²) < 4.78 is 0. The zero-order valence-electron chi connectivity index (χ0n) is 10.6. The number of unbranched alkanes of at least 4 members (excludes halogenated alkanes) is 1. The Labute approximate surface area is 108 Å². The number of thioether (sulfide) groups is 1. The number of rotatable bonds is 7. The summed E-state index contributed by atoms with van der Waals surface area (Å²) >= 11 is 1.65. The van der Waals surface area contributed by atoms with Gasteiger partial charge >= 0.3 is 0 Å². The molecule has 0 amide bonds. The maximum atomic E-state index is 5.63. The van der Waals surface area contributed by atoms with Crippen LogP contribution in [0.2, 0.25) is 0 Å². The van der Waals surface area contributed by atoms with Gasteiger partial charge < -0.3 is 11.5 Å². The molecule has 1 rings (SSSR count). The third-order valence-corrected chi connectivity index (χ3v) is 3.82. The highest BCUT2D eigenvalue weighted by Gasteiger charge is 2.08. The lowest BCUT2D eigenvalue weighted by molar-refractivity contribution is 0.499. The monoisotopic (exact) mass is 254 g/mol. The van der Waals surface area contributed by atoms with Gasteiger partial charge in [0, 0.05) is 11.8 Å². The SMILES string of the molecule is CCCCC(CC)CSc1nc(N)cc(N)n1. The van der Waals surface area contributed by atoms with Crippen LogP contribution >= 0.6 is 11.8 Å². The molecule has 0 spiro atoms. The van der Waals surface area contributed by atoms with Gasteiger partial charge in [0.15, 0.2) is 5.16 Å². The molecule has 0 aliphatic carbocycles. The Hall–Kier alpha value is -0.970. The van der Waals surface area contributed by atoms with Gasteiger partial charge in [0.2, 0.25) is 0 Å². The highest BCUT2D eigenvalue weighted by Crippen LogP contribution is 2.23. The Morgan fingerprint density at radius 2 is 1.88 bits per heavy atom. The van der Waals surface area contributed by atoms with E-state index in [1.54, 1.807) is 17.8 Å². The van der Waals surface area contributed by atoms with Gasteiger partial charge in [0.25, 0.3) is 0 Å². The van der Waals surface area contributed by atoms with Crippen molar-refractivity contribution >= 4 is 23.4 Å². The van der Waals surface area contributed by atoms with Gasteiger partial charge in [0.1, 0.15) is 11.6 Å². The summed E-state index contributed by atoms with van der Waals surface area (Å²) in [7, 11) is 0. The lowest BCUT2D eigenvalue weighted by Gasteiger charge is -2.13. The summed E-state index contributed by atoms with van der Waals surface area (Å²) in [4.78, 5) is 8.34. The van der Waals surface area contributed by atoms with Crippen LogP contribution in [0.1, 0.15) is 39.5 Å². The minimum Gasteiger partial charge on any atom is -0.383 e. The second-order valence-corrected chi connectivity index (χ2v) is 5.21. The molecule has 1 atom stereocenters. The fourth-order valence-electron chi connectivity index (χ4n) is 1.62. The summed E-state index contributed by atoms with van der Waals surface area (Å²) in [6, 6.07) is 1.58. The lowest BCUT2D eigenvalue weighted by atomic mass is 10.0. The second-order valence-electron chi connectivity index (χ2n) is 4.23. The third-order valence-electron chi connectivity index (χ3n) is 2.74. The first-order valence-corrected chi connectivity index (χ1v) is 7.17. The molecule has 0 aromatic carbocycles. The molecule has 4 nitrogen and oxygen atoms in total. The van der Waals surface area contributed by atoms with Gasteiger partial charge in [-0.3, -0.25) is 0 Å². The summed E-state index contributed by atoms with van der Waals surface area (Å²) in [6.45, 7) is 4.46. The summed E-state index contributed by atoms with van der Waals surface area (Å²) in [6.07, 6.45) is 5.02. The van der Waals surface area contributed by atoms with Crippen molar-refractivity contribution in [2.75, 3.05) is 17.2 Å². The van der Waals surface area contributed by atoms with Crippen molar-refractivity contribution in [3.05, 3.63) is 6.07 Å². The summed E-state index contributed by atoms with van der Waals surface area (Å²) in [5, 5.41) is 0.692. The third kappa shape index (κ3) is 5.26. The van der Waals surface area contributed by atoms with Crippen LogP contribution in [-0.4, -0.2) is 15.7 Å². The molecule has 1 aromatic heterocycles. The number of hydrogen-bond acceptors (Lipinski definition) is 5. The molecule has 5 heteroatoms. The van der Waals surface area contributed by atoms with Crippen molar-refractivity contribution in [3.8, 4) is 0 Å². The molecule has 0 aliphatic heterocycles. The molecule has 0 saturated heterocycles. The van der Waals surface area contributed by atoms with Crippen LogP contribution in [0, 0.1) is 5.92 Å². The van der Waals surface area contributed by atoms with Crippen molar-refractivity contribution < 1.29 is 0 Å². The van der Waals surface area contributed by atoms with Crippen LogP contribution < -0.4 is 11.5 Å². The van der Waals surface area contributed by atoms with Crippen LogP contribution in [0.25, 0.3) is 0 Å². The molecule has 4 N–H and O–H groups in total. The fraction of sp³-hybridized carbons (Fsp3) is 0.667. The van der Waals surface area contributed by atoms with E-state index in [0.29, 0.717) is 16.8 Å². The average molecular weight is 254 g/mol. The van der Waals surface area contributed by atoms with E-state index < -0.39 is 0 Å². The van der Waals surface area contributed by atoms with Gasteiger partial charge in [-0.1, -0.05) is 44.9 Å². The molecular formula is C12H22N4S. The Morgan fingerprint density at radius 3 is 2.41 bits per heavy atom. The maximum Gasteiger partial charge on any atom is 0.191 e. The van der Waals surface area contributed by atoms with E-state index in [4.69, 9.17) is 11.5 Å². The zero-order chi connectivity index (χ0) is 12.7. The molecule has 17 heavy (non-hydrogen) atoms. The van der Waals surface area contributed by atoms with Gasteiger partial charge in [-0.25, -0.2) is 9.97 Å². The number of hydrogen-bond donors (Lipinski definition) is 2. The van der Waals surface area contributed by atoms with E-state index in [-0.39, 0.29) is 0 Å². The van der Waals surface area contributed by atoms with Gasteiger partial charge in [0.05, 0.1) is 0 Å². The van der Waals surface area contributed by atoms with Gasteiger partial charge in [-0.15, -0.1) is 0 Å². The van der Waals surface area contributed by atoms with E-state index in [9.17, 15) is 0 Å². The van der Waals surface area contributed by atoms with E-state index in [1.165, 1.54) is 25.7 Å². The first kappa shape index (κ1) is 14.1. The van der Waals surface area contributed by atoms with Crippen LogP contribution in [0.5, 0.6) is 0 Å². The smallest absolute Gasteiger partial charge is 0.191 e. The van der Waals surface area contributed by atoms with E-state index in [2.05, 4.69) is 23.8 Å².